The Morgan fingerprint density at radius 2 is 2.21 bits per heavy atom. The van der Waals surface area contributed by atoms with E-state index in [0.717, 1.165) is 29.8 Å². The van der Waals surface area contributed by atoms with E-state index in [1.807, 2.05) is 16.9 Å². The number of aromatic nitrogens is 4. The van der Waals surface area contributed by atoms with Crippen LogP contribution in [0.15, 0.2) is 36.7 Å². The summed E-state index contributed by atoms with van der Waals surface area (Å²) in [5, 5.41) is 4.20. The molecule has 2 heterocycles. The highest BCUT2D eigenvalue weighted by Gasteiger charge is 2.04. The second-order valence-corrected chi connectivity index (χ2v) is 5.11. The van der Waals surface area contributed by atoms with Gasteiger partial charge in [0.05, 0.1) is 11.0 Å². The number of aryl methyl sites for hydroxylation is 3. The molecule has 2 aromatic heterocycles. The van der Waals surface area contributed by atoms with Crippen molar-refractivity contribution in [1.82, 2.24) is 19.3 Å². The smallest absolute Gasteiger partial charge is 0.178 e. The van der Waals surface area contributed by atoms with Crippen molar-refractivity contribution in [2.45, 2.75) is 26.4 Å². The van der Waals surface area contributed by atoms with Gasteiger partial charge in [-0.15, -0.1) is 0 Å². The molecule has 3 rings (SSSR count). The van der Waals surface area contributed by atoms with Crippen LogP contribution in [0.3, 0.4) is 0 Å². The SMILES string of the molecule is Cc1ccc2c(c1)[nH]c(=S)n2CCCn1cccn1. The van der Waals surface area contributed by atoms with Gasteiger partial charge in [-0.05, 0) is 49.3 Å². The molecule has 0 aliphatic rings. The van der Waals surface area contributed by atoms with E-state index in [-0.39, 0.29) is 0 Å². The summed E-state index contributed by atoms with van der Waals surface area (Å²) in [5.41, 5.74) is 3.53. The Hall–Kier alpha value is -1.88. The summed E-state index contributed by atoms with van der Waals surface area (Å²) in [4.78, 5) is 3.27. The molecule has 0 unspecified atom stereocenters. The maximum atomic E-state index is 5.39. The minimum Gasteiger partial charge on any atom is -0.331 e. The normalized spacial score (nSPS) is 11.2. The van der Waals surface area contributed by atoms with Crippen molar-refractivity contribution in [2.75, 3.05) is 0 Å². The summed E-state index contributed by atoms with van der Waals surface area (Å²) in [6, 6.07) is 8.33. The first kappa shape index (κ1) is 12.2. The van der Waals surface area contributed by atoms with Crippen LogP contribution in [-0.2, 0) is 13.1 Å². The Bertz CT molecular complexity index is 736. The van der Waals surface area contributed by atoms with E-state index in [4.69, 9.17) is 12.2 Å². The molecule has 0 fully saturated rings. The number of hydrogen-bond acceptors (Lipinski definition) is 2. The van der Waals surface area contributed by atoms with E-state index >= 15 is 0 Å². The average molecular weight is 272 g/mol. The van der Waals surface area contributed by atoms with Gasteiger partial charge in [0.15, 0.2) is 4.77 Å². The van der Waals surface area contributed by atoms with Crippen molar-refractivity contribution in [3.8, 4) is 0 Å². The summed E-state index contributed by atoms with van der Waals surface area (Å²) in [6.07, 6.45) is 4.80. The van der Waals surface area contributed by atoms with E-state index < -0.39 is 0 Å². The Morgan fingerprint density at radius 1 is 1.32 bits per heavy atom. The summed E-state index contributed by atoms with van der Waals surface area (Å²) < 4.78 is 4.90. The maximum Gasteiger partial charge on any atom is 0.178 e. The first-order valence-corrected chi connectivity index (χ1v) is 6.81. The van der Waals surface area contributed by atoms with Crippen molar-refractivity contribution >= 4 is 23.3 Å². The zero-order valence-electron chi connectivity index (χ0n) is 10.8. The van der Waals surface area contributed by atoms with Crippen LogP contribution in [-0.4, -0.2) is 19.3 Å². The van der Waals surface area contributed by atoms with E-state index in [9.17, 15) is 0 Å². The van der Waals surface area contributed by atoms with Crippen LogP contribution in [0.25, 0.3) is 11.0 Å². The van der Waals surface area contributed by atoms with Gasteiger partial charge in [-0.25, -0.2) is 0 Å². The molecule has 1 aromatic carbocycles. The first-order valence-electron chi connectivity index (χ1n) is 6.40. The number of hydrogen-bond donors (Lipinski definition) is 1. The van der Waals surface area contributed by atoms with E-state index in [0.29, 0.717) is 0 Å². The lowest BCUT2D eigenvalue weighted by molar-refractivity contribution is 0.530. The molecule has 0 aliphatic carbocycles. The fourth-order valence-corrected chi connectivity index (χ4v) is 2.62. The molecule has 5 heteroatoms. The van der Waals surface area contributed by atoms with Crippen LogP contribution in [0.5, 0.6) is 0 Å². The van der Waals surface area contributed by atoms with Gasteiger partial charge in [0, 0.05) is 25.5 Å². The zero-order chi connectivity index (χ0) is 13.2. The van der Waals surface area contributed by atoms with Crippen LogP contribution >= 0.6 is 12.2 Å². The molecule has 0 bridgehead atoms. The molecule has 0 spiro atoms. The summed E-state index contributed by atoms with van der Waals surface area (Å²) >= 11 is 5.39. The van der Waals surface area contributed by atoms with Crippen LogP contribution in [0.1, 0.15) is 12.0 Å². The molecule has 3 aromatic rings. The van der Waals surface area contributed by atoms with E-state index in [2.05, 4.69) is 39.8 Å². The van der Waals surface area contributed by atoms with Gasteiger partial charge >= 0.3 is 0 Å². The fraction of sp³-hybridized carbons (Fsp3) is 0.286. The Morgan fingerprint density at radius 3 is 3.00 bits per heavy atom. The van der Waals surface area contributed by atoms with Crippen molar-refractivity contribution in [3.05, 3.63) is 47.0 Å². The lowest BCUT2D eigenvalue weighted by atomic mass is 10.2. The minimum absolute atomic E-state index is 0.793. The fourth-order valence-electron chi connectivity index (χ4n) is 2.32. The molecule has 0 saturated carbocycles. The Labute approximate surface area is 116 Å². The van der Waals surface area contributed by atoms with Crippen LogP contribution < -0.4 is 0 Å². The Kier molecular flexibility index (Phi) is 3.21. The van der Waals surface area contributed by atoms with Gasteiger partial charge < -0.3 is 9.55 Å². The van der Waals surface area contributed by atoms with Gasteiger partial charge in [0.1, 0.15) is 0 Å². The molecular weight excluding hydrogens is 256 g/mol. The van der Waals surface area contributed by atoms with Crippen molar-refractivity contribution in [1.29, 1.82) is 0 Å². The number of H-pyrrole nitrogens is 1. The molecule has 0 radical (unpaired) electrons. The highest BCUT2D eigenvalue weighted by atomic mass is 32.1. The number of imidazole rings is 1. The van der Waals surface area contributed by atoms with Crippen molar-refractivity contribution < 1.29 is 0 Å². The topological polar surface area (TPSA) is 38.5 Å². The van der Waals surface area contributed by atoms with Gasteiger partial charge in [-0.3, -0.25) is 4.68 Å². The molecule has 0 atom stereocenters. The number of nitrogens with zero attached hydrogens (tertiary/aromatic N) is 3. The maximum absolute atomic E-state index is 5.39. The highest BCUT2D eigenvalue weighted by molar-refractivity contribution is 7.71. The summed E-state index contributed by atoms with van der Waals surface area (Å²) in [7, 11) is 0. The lowest BCUT2D eigenvalue weighted by Crippen LogP contribution is -2.04. The zero-order valence-corrected chi connectivity index (χ0v) is 11.7. The molecule has 1 N–H and O–H groups in total. The van der Waals surface area contributed by atoms with Crippen LogP contribution in [0.2, 0.25) is 0 Å². The Balaban J connectivity index is 1.80. The molecule has 0 aliphatic heterocycles. The van der Waals surface area contributed by atoms with Gasteiger partial charge in [-0.1, -0.05) is 6.07 Å². The lowest BCUT2D eigenvalue weighted by Gasteiger charge is -2.05. The summed E-state index contributed by atoms with van der Waals surface area (Å²) in [5.74, 6) is 0. The number of benzene rings is 1. The molecule has 19 heavy (non-hydrogen) atoms. The number of rotatable bonds is 4. The molecule has 0 saturated heterocycles. The predicted octanol–water partition coefficient (Wildman–Crippen LogP) is 3.29. The minimum atomic E-state index is 0.793. The van der Waals surface area contributed by atoms with Crippen molar-refractivity contribution in [3.63, 3.8) is 0 Å². The number of nitrogens with one attached hydrogen (secondary N) is 1. The number of fused-ring (bicyclic) bond motifs is 1. The van der Waals surface area contributed by atoms with Gasteiger partial charge in [-0.2, -0.15) is 5.10 Å². The second-order valence-electron chi connectivity index (χ2n) is 4.73. The van der Waals surface area contributed by atoms with Gasteiger partial charge in [0.2, 0.25) is 0 Å². The highest BCUT2D eigenvalue weighted by Crippen LogP contribution is 2.16. The average Bonchev–Trinajstić information content (AvgIpc) is 2.98. The standard InChI is InChI=1S/C14H16N4S/c1-11-4-5-13-12(10-11)16-14(19)18(13)9-3-8-17-7-2-6-15-17/h2,4-7,10H,3,8-9H2,1H3,(H,16,19). The predicted molar refractivity (Wildman–Crippen MR) is 78.7 cm³/mol. The largest absolute Gasteiger partial charge is 0.331 e. The van der Waals surface area contributed by atoms with E-state index in [1.165, 1.54) is 11.1 Å². The van der Waals surface area contributed by atoms with E-state index in [1.54, 1.807) is 6.20 Å². The molecule has 98 valence electrons. The third kappa shape index (κ3) is 2.46. The van der Waals surface area contributed by atoms with Crippen molar-refractivity contribution in [2.24, 2.45) is 0 Å². The molecular formula is C14H16N4S. The monoisotopic (exact) mass is 272 g/mol. The quantitative estimate of drug-likeness (QED) is 0.740. The van der Waals surface area contributed by atoms with Gasteiger partial charge in [0.25, 0.3) is 0 Å². The molecule has 0 amide bonds. The molecule has 4 nitrogen and oxygen atoms in total. The van der Waals surface area contributed by atoms with Crippen LogP contribution in [0.4, 0.5) is 0 Å². The first-order chi connectivity index (χ1) is 9.24. The number of aromatic amines is 1. The second kappa shape index (κ2) is 5.01. The van der Waals surface area contributed by atoms with Crippen LogP contribution in [0, 0.1) is 11.7 Å². The third-order valence-electron chi connectivity index (χ3n) is 3.26. The summed E-state index contributed by atoms with van der Waals surface area (Å²) in [6.45, 7) is 3.90. The third-order valence-corrected chi connectivity index (χ3v) is 3.58.